The number of imidazole rings is 1. The maximum Gasteiger partial charge on any atom is 0.141 e. The number of aromatic amines is 1. The molecular formula is C15H14FN3. The summed E-state index contributed by atoms with van der Waals surface area (Å²) >= 11 is 0. The molecule has 96 valence electrons. The Balaban J connectivity index is 2.14. The second-order valence-corrected chi connectivity index (χ2v) is 4.63. The summed E-state index contributed by atoms with van der Waals surface area (Å²) in [4.78, 5) is 7.55. The predicted octanol–water partition coefficient (Wildman–Crippen LogP) is 3.39. The third kappa shape index (κ3) is 2.11. The largest absolute Gasteiger partial charge is 0.338 e. The lowest BCUT2D eigenvalue weighted by Crippen LogP contribution is -2.04. The van der Waals surface area contributed by atoms with Crippen LogP contribution in [0.5, 0.6) is 0 Å². The molecule has 1 unspecified atom stereocenters. The molecule has 0 aliphatic rings. The van der Waals surface area contributed by atoms with Crippen LogP contribution in [0, 0.1) is 5.82 Å². The number of fused-ring (bicyclic) bond motifs is 1. The molecule has 19 heavy (non-hydrogen) atoms. The number of hydrogen-bond donors (Lipinski definition) is 2. The average Bonchev–Trinajstić information content (AvgIpc) is 2.81. The molecule has 0 amide bonds. The van der Waals surface area contributed by atoms with E-state index in [0.717, 1.165) is 16.6 Å². The molecular weight excluding hydrogens is 241 g/mol. The Morgan fingerprint density at radius 1 is 1.21 bits per heavy atom. The number of nitrogens with one attached hydrogen (secondary N) is 1. The molecule has 0 aliphatic carbocycles. The molecule has 3 rings (SSSR count). The van der Waals surface area contributed by atoms with Gasteiger partial charge in [-0.05, 0) is 36.8 Å². The second-order valence-electron chi connectivity index (χ2n) is 4.63. The van der Waals surface area contributed by atoms with Crippen molar-refractivity contribution in [1.82, 2.24) is 9.97 Å². The molecule has 0 aliphatic heterocycles. The molecule has 0 saturated heterocycles. The van der Waals surface area contributed by atoms with E-state index in [2.05, 4.69) is 9.97 Å². The smallest absolute Gasteiger partial charge is 0.141 e. The van der Waals surface area contributed by atoms with Crippen molar-refractivity contribution in [3.05, 3.63) is 53.8 Å². The number of benzene rings is 2. The number of nitrogens with two attached hydrogens (primary N) is 1. The van der Waals surface area contributed by atoms with Gasteiger partial charge in [0, 0.05) is 6.04 Å². The van der Waals surface area contributed by atoms with E-state index in [1.807, 2.05) is 25.1 Å². The van der Waals surface area contributed by atoms with Gasteiger partial charge in [0.2, 0.25) is 0 Å². The normalized spacial score (nSPS) is 12.8. The van der Waals surface area contributed by atoms with Crippen LogP contribution >= 0.6 is 0 Å². The van der Waals surface area contributed by atoms with Crippen LogP contribution in [-0.2, 0) is 0 Å². The molecule has 0 bridgehead atoms. The van der Waals surface area contributed by atoms with Gasteiger partial charge in [0.1, 0.15) is 11.6 Å². The summed E-state index contributed by atoms with van der Waals surface area (Å²) in [7, 11) is 0. The van der Waals surface area contributed by atoms with E-state index in [0.29, 0.717) is 11.4 Å². The van der Waals surface area contributed by atoms with Crippen molar-refractivity contribution in [2.24, 2.45) is 5.73 Å². The van der Waals surface area contributed by atoms with Crippen molar-refractivity contribution < 1.29 is 4.39 Å². The van der Waals surface area contributed by atoms with Crippen LogP contribution in [0.2, 0.25) is 0 Å². The first kappa shape index (κ1) is 11.9. The monoisotopic (exact) mass is 255 g/mol. The van der Waals surface area contributed by atoms with Crippen LogP contribution in [-0.4, -0.2) is 9.97 Å². The first-order valence-corrected chi connectivity index (χ1v) is 6.15. The topological polar surface area (TPSA) is 54.7 Å². The van der Waals surface area contributed by atoms with Crippen molar-refractivity contribution in [2.75, 3.05) is 0 Å². The Labute approximate surface area is 110 Å². The van der Waals surface area contributed by atoms with Crippen molar-refractivity contribution in [2.45, 2.75) is 13.0 Å². The van der Waals surface area contributed by atoms with Crippen LogP contribution in [0.1, 0.15) is 18.5 Å². The van der Waals surface area contributed by atoms with Crippen molar-refractivity contribution in [1.29, 1.82) is 0 Å². The fraction of sp³-hybridized carbons (Fsp3) is 0.133. The second kappa shape index (κ2) is 4.48. The van der Waals surface area contributed by atoms with E-state index in [1.165, 1.54) is 6.07 Å². The molecule has 3 nitrogen and oxygen atoms in total. The molecule has 4 heteroatoms. The number of rotatable bonds is 2. The highest BCUT2D eigenvalue weighted by atomic mass is 19.1. The average molecular weight is 255 g/mol. The first-order chi connectivity index (χ1) is 9.15. The Bertz CT molecular complexity index is 731. The van der Waals surface area contributed by atoms with E-state index < -0.39 is 0 Å². The summed E-state index contributed by atoms with van der Waals surface area (Å²) in [6.45, 7) is 1.93. The van der Waals surface area contributed by atoms with Gasteiger partial charge in [0.25, 0.3) is 0 Å². The highest BCUT2D eigenvalue weighted by molar-refractivity contribution is 5.80. The summed E-state index contributed by atoms with van der Waals surface area (Å²) in [6.07, 6.45) is 0. The molecule has 2 aromatic carbocycles. The third-order valence-corrected chi connectivity index (χ3v) is 3.16. The minimum absolute atomic E-state index is 0.0374. The van der Waals surface area contributed by atoms with E-state index in [4.69, 9.17) is 5.73 Å². The number of aromatic nitrogens is 2. The van der Waals surface area contributed by atoms with Gasteiger partial charge in [0.15, 0.2) is 0 Å². The summed E-state index contributed by atoms with van der Waals surface area (Å²) in [6, 6.07) is 12.3. The lowest BCUT2D eigenvalue weighted by Gasteiger charge is -2.03. The van der Waals surface area contributed by atoms with Crippen LogP contribution < -0.4 is 5.73 Å². The zero-order valence-electron chi connectivity index (χ0n) is 10.5. The van der Waals surface area contributed by atoms with Gasteiger partial charge >= 0.3 is 0 Å². The Morgan fingerprint density at radius 3 is 2.74 bits per heavy atom. The molecule has 0 saturated carbocycles. The lowest BCUT2D eigenvalue weighted by atomic mass is 10.1. The van der Waals surface area contributed by atoms with Gasteiger partial charge in [-0.25, -0.2) is 9.37 Å². The maximum atomic E-state index is 13.7. The molecule has 1 aromatic heterocycles. The van der Waals surface area contributed by atoms with Crippen molar-refractivity contribution in [3.63, 3.8) is 0 Å². The fourth-order valence-electron chi connectivity index (χ4n) is 2.09. The zero-order chi connectivity index (χ0) is 13.4. The summed E-state index contributed by atoms with van der Waals surface area (Å²) in [5, 5.41) is 0. The van der Waals surface area contributed by atoms with Gasteiger partial charge in [-0.15, -0.1) is 0 Å². The van der Waals surface area contributed by atoms with Gasteiger partial charge in [0.05, 0.1) is 16.6 Å². The van der Waals surface area contributed by atoms with Crippen molar-refractivity contribution >= 4 is 11.0 Å². The zero-order valence-corrected chi connectivity index (χ0v) is 10.5. The Kier molecular flexibility index (Phi) is 2.80. The minimum atomic E-state index is -0.283. The van der Waals surface area contributed by atoms with Crippen LogP contribution in [0.3, 0.4) is 0 Å². The molecule has 0 radical (unpaired) electrons. The summed E-state index contributed by atoms with van der Waals surface area (Å²) in [5.41, 5.74) is 9.03. The van der Waals surface area contributed by atoms with Gasteiger partial charge in [-0.2, -0.15) is 0 Å². The number of nitrogens with zero attached hydrogens (tertiary/aromatic N) is 1. The van der Waals surface area contributed by atoms with Gasteiger partial charge < -0.3 is 10.7 Å². The molecule has 3 N–H and O–H groups in total. The van der Waals surface area contributed by atoms with Crippen LogP contribution in [0.25, 0.3) is 22.4 Å². The maximum absolute atomic E-state index is 13.7. The Hall–Kier alpha value is -2.20. The van der Waals surface area contributed by atoms with E-state index >= 15 is 0 Å². The molecule has 1 heterocycles. The highest BCUT2D eigenvalue weighted by Crippen LogP contribution is 2.24. The van der Waals surface area contributed by atoms with Crippen LogP contribution in [0.4, 0.5) is 4.39 Å². The highest BCUT2D eigenvalue weighted by Gasteiger charge is 2.10. The standard InChI is InChI=1S/C15H14FN3/c1-9(17)10-6-7-13-14(8-10)19-15(18-13)11-4-2-3-5-12(11)16/h2-9H,17H2,1H3,(H,18,19). The molecule has 3 aromatic rings. The third-order valence-electron chi connectivity index (χ3n) is 3.16. The quantitative estimate of drug-likeness (QED) is 0.737. The van der Waals surface area contributed by atoms with Crippen LogP contribution in [0.15, 0.2) is 42.5 Å². The SMILES string of the molecule is CC(N)c1ccc2nc(-c3ccccc3F)[nH]c2c1. The summed E-state index contributed by atoms with van der Waals surface area (Å²) in [5.74, 6) is 0.254. The lowest BCUT2D eigenvalue weighted by molar-refractivity contribution is 0.630. The number of H-pyrrole nitrogens is 1. The van der Waals surface area contributed by atoms with Gasteiger partial charge in [-0.3, -0.25) is 0 Å². The molecule has 1 atom stereocenters. The number of hydrogen-bond acceptors (Lipinski definition) is 2. The molecule has 0 spiro atoms. The fourth-order valence-corrected chi connectivity index (χ4v) is 2.09. The Morgan fingerprint density at radius 2 is 2.00 bits per heavy atom. The minimum Gasteiger partial charge on any atom is -0.338 e. The van der Waals surface area contributed by atoms with E-state index in [1.54, 1.807) is 18.2 Å². The van der Waals surface area contributed by atoms with E-state index in [9.17, 15) is 4.39 Å². The first-order valence-electron chi connectivity index (χ1n) is 6.15. The predicted molar refractivity (Wildman–Crippen MR) is 74.1 cm³/mol. The van der Waals surface area contributed by atoms with Crippen molar-refractivity contribution in [3.8, 4) is 11.4 Å². The summed E-state index contributed by atoms with van der Waals surface area (Å²) < 4.78 is 13.7. The van der Waals surface area contributed by atoms with E-state index in [-0.39, 0.29) is 11.9 Å². The molecule has 0 fully saturated rings. The van der Waals surface area contributed by atoms with Gasteiger partial charge in [-0.1, -0.05) is 18.2 Å². The number of halogens is 1.